The molecule has 4 rings (SSSR count). The van der Waals surface area contributed by atoms with Gasteiger partial charge in [0, 0.05) is 6.07 Å². The topological polar surface area (TPSA) is 148 Å². The minimum Gasteiger partial charge on any atom is -0.504 e. The van der Waals surface area contributed by atoms with Gasteiger partial charge in [-0.1, -0.05) is 30.3 Å². The van der Waals surface area contributed by atoms with Crippen LogP contribution < -0.4 is 15.1 Å². The van der Waals surface area contributed by atoms with Crippen molar-refractivity contribution < 1.29 is 44.1 Å². The first kappa shape index (κ1) is 22.1. The lowest BCUT2D eigenvalue weighted by Crippen LogP contribution is -2.57. The standard InChI is InChI=1S/C22H22O10/c1-10-16(23)19(26)20(27)22(30-10)32-31-14-8-13-15(18(25)21(14)28-2)17(24)12(9-29-13)11-6-4-3-5-7-11/h3-10,16,19-20,22-23,25-27H,1-2H3/t10-,16-,19+,20-,22+/m1/s1. The highest BCUT2D eigenvalue weighted by Crippen LogP contribution is 2.42. The van der Waals surface area contributed by atoms with Crippen LogP contribution in [0.25, 0.3) is 22.1 Å². The minimum absolute atomic E-state index is 0.000479. The molecule has 32 heavy (non-hydrogen) atoms. The lowest BCUT2D eigenvalue weighted by Gasteiger charge is -2.37. The molecule has 10 nitrogen and oxygen atoms in total. The summed E-state index contributed by atoms with van der Waals surface area (Å²) in [6, 6.07) is 10.1. The molecule has 1 fully saturated rings. The molecule has 0 unspecified atom stereocenters. The number of rotatable bonds is 5. The Hall–Kier alpha value is -3.15. The largest absolute Gasteiger partial charge is 0.504 e. The molecule has 0 bridgehead atoms. The monoisotopic (exact) mass is 446 g/mol. The third kappa shape index (κ3) is 3.78. The number of methoxy groups -OCH3 is 1. The predicted molar refractivity (Wildman–Crippen MR) is 110 cm³/mol. The quantitative estimate of drug-likeness (QED) is 0.334. The molecule has 0 saturated carbocycles. The summed E-state index contributed by atoms with van der Waals surface area (Å²) >= 11 is 0. The van der Waals surface area contributed by atoms with Crippen LogP contribution in [0.15, 0.2) is 51.9 Å². The highest BCUT2D eigenvalue weighted by atomic mass is 17.2. The van der Waals surface area contributed by atoms with Gasteiger partial charge in [0.2, 0.25) is 23.2 Å². The van der Waals surface area contributed by atoms with E-state index in [1.807, 2.05) is 6.07 Å². The van der Waals surface area contributed by atoms with Crippen molar-refractivity contribution in [3.63, 3.8) is 0 Å². The van der Waals surface area contributed by atoms with Crippen molar-refractivity contribution in [1.29, 1.82) is 0 Å². The third-order valence-electron chi connectivity index (χ3n) is 5.29. The first-order valence-electron chi connectivity index (χ1n) is 9.77. The van der Waals surface area contributed by atoms with Crippen LogP contribution in [0.4, 0.5) is 0 Å². The maximum atomic E-state index is 13.0. The van der Waals surface area contributed by atoms with Gasteiger partial charge < -0.3 is 39.2 Å². The van der Waals surface area contributed by atoms with E-state index in [1.54, 1.807) is 24.3 Å². The molecular formula is C22H22O10. The summed E-state index contributed by atoms with van der Waals surface area (Å²) in [5.41, 5.74) is 0.391. The second-order valence-corrected chi connectivity index (χ2v) is 7.34. The van der Waals surface area contributed by atoms with Gasteiger partial charge in [-0.3, -0.25) is 4.79 Å². The van der Waals surface area contributed by atoms with E-state index < -0.39 is 41.9 Å². The summed E-state index contributed by atoms with van der Waals surface area (Å²) in [7, 11) is 1.25. The molecule has 3 aromatic rings. The van der Waals surface area contributed by atoms with Crippen molar-refractivity contribution in [2.75, 3.05) is 7.11 Å². The van der Waals surface area contributed by atoms with Gasteiger partial charge in [-0.25, -0.2) is 0 Å². The van der Waals surface area contributed by atoms with E-state index in [0.717, 1.165) is 0 Å². The molecule has 1 aliphatic rings. The van der Waals surface area contributed by atoms with E-state index in [1.165, 1.54) is 26.4 Å². The van der Waals surface area contributed by atoms with Crippen molar-refractivity contribution in [3.8, 4) is 28.4 Å². The van der Waals surface area contributed by atoms with Crippen LogP contribution in [0.1, 0.15) is 6.92 Å². The zero-order valence-corrected chi connectivity index (χ0v) is 17.2. The van der Waals surface area contributed by atoms with Crippen LogP contribution in [0.3, 0.4) is 0 Å². The fourth-order valence-corrected chi connectivity index (χ4v) is 3.49. The first-order chi connectivity index (χ1) is 15.3. The highest BCUT2D eigenvalue weighted by molar-refractivity contribution is 5.91. The van der Waals surface area contributed by atoms with E-state index in [2.05, 4.69) is 0 Å². The molecule has 170 valence electrons. The number of benzene rings is 2. The molecule has 1 aromatic heterocycles. The molecule has 1 saturated heterocycles. The van der Waals surface area contributed by atoms with Crippen LogP contribution in [0.2, 0.25) is 0 Å². The molecule has 0 radical (unpaired) electrons. The van der Waals surface area contributed by atoms with Gasteiger partial charge in [0.25, 0.3) is 0 Å². The number of ether oxygens (including phenoxy) is 2. The zero-order chi connectivity index (χ0) is 23.0. The van der Waals surface area contributed by atoms with Gasteiger partial charge in [0.15, 0.2) is 5.75 Å². The summed E-state index contributed by atoms with van der Waals surface area (Å²) < 4.78 is 16.0. The van der Waals surface area contributed by atoms with E-state index in [9.17, 15) is 25.2 Å². The van der Waals surface area contributed by atoms with Gasteiger partial charge in [0.05, 0.1) is 18.8 Å². The normalized spacial score (nSPS) is 25.6. The molecule has 0 spiro atoms. The average molecular weight is 446 g/mol. The van der Waals surface area contributed by atoms with Crippen molar-refractivity contribution >= 4 is 11.0 Å². The van der Waals surface area contributed by atoms with Gasteiger partial charge in [-0.05, 0) is 12.5 Å². The van der Waals surface area contributed by atoms with Gasteiger partial charge >= 0.3 is 0 Å². The average Bonchev–Trinajstić information content (AvgIpc) is 2.79. The second-order valence-electron chi connectivity index (χ2n) is 7.34. The second kappa shape index (κ2) is 8.77. The number of phenols is 1. The number of hydrogen-bond donors (Lipinski definition) is 4. The first-order valence-corrected chi connectivity index (χ1v) is 9.77. The molecule has 0 aliphatic carbocycles. The van der Waals surface area contributed by atoms with Gasteiger partial charge in [-0.2, -0.15) is 4.89 Å². The smallest absolute Gasteiger partial charge is 0.232 e. The Morgan fingerprint density at radius 1 is 1.03 bits per heavy atom. The lowest BCUT2D eigenvalue weighted by molar-refractivity contribution is -0.383. The van der Waals surface area contributed by atoms with Gasteiger partial charge in [0.1, 0.15) is 35.5 Å². The zero-order valence-electron chi connectivity index (χ0n) is 17.2. The molecular weight excluding hydrogens is 424 g/mol. The summed E-state index contributed by atoms with van der Waals surface area (Å²) in [4.78, 5) is 23.3. The number of aromatic hydroxyl groups is 1. The molecule has 0 amide bonds. The Balaban J connectivity index is 1.68. The van der Waals surface area contributed by atoms with Crippen LogP contribution in [0.5, 0.6) is 17.2 Å². The Kier molecular flexibility index (Phi) is 6.04. The Morgan fingerprint density at radius 3 is 2.44 bits per heavy atom. The number of phenolic OH excluding ortho intramolecular Hbond substituents is 1. The fraction of sp³-hybridized carbons (Fsp3) is 0.318. The maximum Gasteiger partial charge on any atom is 0.232 e. The maximum absolute atomic E-state index is 13.0. The van der Waals surface area contributed by atoms with Crippen LogP contribution in [-0.2, 0) is 9.62 Å². The lowest BCUT2D eigenvalue weighted by atomic mass is 10.0. The summed E-state index contributed by atoms with van der Waals surface area (Å²) in [5, 5.41) is 40.3. The Bertz CT molecular complexity index is 1160. The van der Waals surface area contributed by atoms with Crippen LogP contribution in [0, 0.1) is 0 Å². The number of hydrogen-bond acceptors (Lipinski definition) is 10. The summed E-state index contributed by atoms with van der Waals surface area (Å²) in [6.07, 6.45) is -5.45. The van der Waals surface area contributed by atoms with E-state index >= 15 is 0 Å². The fourth-order valence-electron chi connectivity index (χ4n) is 3.49. The number of aliphatic hydroxyl groups excluding tert-OH is 3. The molecule has 1 aliphatic heterocycles. The van der Waals surface area contributed by atoms with E-state index in [0.29, 0.717) is 5.56 Å². The number of fused-ring (bicyclic) bond motifs is 1. The van der Waals surface area contributed by atoms with Gasteiger partial charge in [-0.15, -0.1) is 0 Å². The van der Waals surface area contributed by atoms with E-state index in [-0.39, 0.29) is 28.0 Å². The minimum atomic E-state index is -1.60. The number of aliphatic hydroxyl groups is 3. The third-order valence-corrected chi connectivity index (χ3v) is 5.29. The van der Waals surface area contributed by atoms with Crippen LogP contribution >= 0.6 is 0 Å². The Morgan fingerprint density at radius 2 is 1.75 bits per heavy atom. The molecule has 5 atom stereocenters. The highest BCUT2D eigenvalue weighted by Gasteiger charge is 2.43. The SMILES string of the molecule is COc1c(OO[C@@H]2O[C@H](C)[C@@H](O)[C@H](O)[C@H]2O)cc2occ(-c3ccccc3)c(=O)c2c1O. The summed E-state index contributed by atoms with van der Waals surface area (Å²) in [5.74, 6) is -0.907. The Labute approximate surface area is 181 Å². The van der Waals surface area contributed by atoms with E-state index in [4.69, 9.17) is 23.7 Å². The predicted octanol–water partition coefficient (Wildman–Crippen LogP) is 1.31. The van der Waals surface area contributed by atoms with Crippen molar-refractivity contribution in [1.82, 2.24) is 0 Å². The van der Waals surface area contributed by atoms with Crippen LogP contribution in [-0.4, -0.2) is 58.2 Å². The van der Waals surface area contributed by atoms with Crippen molar-refractivity contribution in [3.05, 3.63) is 52.9 Å². The molecule has 2 heterocycles. The molecule has 4 N–H and O–H groups in total. The van der Waals surface area contributed by atoms with Crippen molar-refractivity contribution in [2.24, 2.45) is 0 Å². The summed E-state index contributed by atoms with van der Waals surface area (Å²) in [6.45, 7) is 1.48. The molecule has 2 aromatic carbocycles. The van der Waals surface area contributed by atoms with Crippen molar-refractivity contribution in [2.45, 2.75) is 37.6 Å². The molecule has 10 heteroatoms.